The molecule has 1 aliphatic rings. The van der Waals surface area contributed by atoms with Gasteiger partial charge >= 0.3 is 12.1 Å². The molecule has 0 saturated carbocycles. The van der Waals surface area contributed by atoms with Crippen LogP contribution in [-0.4, -0.2) is 53.8 Å². The summed E-state index contributed by atoms with van der Waals surface area (Å²) < 4.78 is 46.0. The van der Waals surface area contributed by atoms with E-state index in [0.717, 1.165) is 0 Å². The van der Waals surface area contributed by atoms with Gasteiger partial charge in [-0.25, -0.2) is 4.79 Å². The first-order chi connectivity index (χ1) is 11.7. The Balaban J connectivity index is 1.92. The monoisotopic (exact) mass is 380 g/mol. The Morgan fingerprint density at radius 3 is 2.72 bits per heavy atom. The summed E-state index contributed by atoms with van der Waals surface area (Å²) in [4.78, 5) is 36.5. The molecule has 1 N–H and O–H groups in total. The second-order valence-electron chi connectivity index (χ2n) is 5.14. The van der Waals surface area contributed by atoms with E-state index in [1.54, 1.807) is 17.4 Å². The zero-order valence-corrected chi connectivity index (χ0v) is 13.9. The van der Waals surface area contributed by atoms with Gasteiger partial charge in [0.1, 0.15) is 23.7 Å². The number of amides is 2. The number of nitrogens with one attached hydrogen (secondary N) is 1. The van der Waals surface area contributed by atoms with E-state index in [9.17, 15) is 27.6 Å². The van der Waals surface area contributed by atoms with E-state index in [2.05, 4.69) is 0 Å². The third kappa shape index (κ3) is 5.15. The molecular formula is C14H15F3N2O5S. The van der Waals surface area contributed by atoms with Gasteiger partial charge in [-0.15, -0.1) is 11.8 Å². The fourth-order valence-electron chi connectivity index (χ4n) is 2.21. The SMILES string of the molecule is CC(=O)N1[C@@H](C(=O)OCC(=O)NCC(F)(F)F)CS[C@H]1c1ccco1. The van der Waals surface area contributed by atoms with Gasteiger partial charge in [0.15, 0.2) is 6.61 Å². The smallest absolute Gasteiger partial charge is 0.405 e. The van der Waals surface area contributed by atoms with Crippen LogP contribution < -0.4 is 5.32 Å². The number of alkyl halides is 3. The first kappa shape index (κ1) is 19.2. The number of esters is 1. The summed E-state index contributed by atoms with van der Waals surface area (Å²) in [7, 11) is 0. The Morgan fingerprint density at radius 1 is 1.44 bits per heavy atom. The Labute approximate surface area is 144 Å². The summed E-state index contributed by atoms with van der Waals surface area (Å²) >= 11 is 1.28. The highest BCUT2D eigenvalue weighted by molar-refractivity contribution is 7.99. The highest BCUT2D eigenvalue weighted by atomic mass is 32.2. The Bertz CT molecular complexity index is 635. The predicted octanol–water partition coefficient (Wildman–Crippen LogP) is 1.46. The molecule has 11 heteroatoms. The molecule has 138 valence electrons. The summed E-state index contributed by atoms with van der Waals surface area (Å²) in [6.45, 7) is -1.09. The molecule has 1 aromatic rings. The van der Waals surface area contributed by atoms with E-state index in [1.807, 2.05) is 0 Å². The van der Waals surface area contributed by atoms with Crippen LogP contribution >= 0.6 is 11.8 Å². The molecule has 1 aliphatic heterocycles. The van der Waals surface area contributed by atoms with Gasteiger partial charge < -0.3 is 19.4 Å². The average Bonchev–Trinajstić information content (AvgIpc) is 3.17. The molecule has 25 heavy (non-hydrogen) atoms. The molecule has 0 radical (unpaired) electrons. The van der Waals surface area contributed by atoms with Gasteiger partial charge in [0.2, 0.25) is 5.91 Å². The van der Waals surface area contributed by atoms with Crippen LogP contribution in [0.4, 0.5) is 13.2 Å². The maximum absolute atomic E-state index is 12.1. The average molecular weight is 380 g/mol. The summed E-state index contributed by atoms with van der Waals surface area (Å²) in [5.74, 6) is -1.63. The number of hydrogen-bond acceptors (Lipinski definition) is 6. The standard InChI is InChI=1S/C14H15F3N2O5S/c1-8(20)19-9(6-25-12(19)10-3-2-4-23-10)13(22)24-5-11(21)18-7-14(15,16)17/h2-4,9,12H,5-7H2,1H3,(H,18,21)/t9-,12+/m1/s1. The largest absolute Gasteiger partial charge is 0.466 e. The van der Waals surface area contributed by atoms with Crippen LogP contribution in [0.2, 0.25) is 0 Å². The summed E-state index contributed by atoms with van der Waals surface area (Å²) in [6, 6.07) is 2.35. The van der Waals surface area contributed by atoms with Gasteiger partial charge in [-0.05, 0) is 12.1 Å². The first-order valence-corrected chi connectivity index (χ1v) is 8.18. The van der Waals surface area contributed by atoms with Crippen molar-refractivity contribution >= 4 is 29.5 Å². The van der Waals surface area contributed by atoms with Crippen molar-refractivity contribution in [1.29, 1.82) is 0 Å². The minimum atomic E-state index is -4.55. The second kappa shape index (κ2) is 7.81. The third-order valence-corrected chi connectivity index (χ3v) is 4.54. The zero-order valence-electron chi connectivity index (χ0n) is 13.0. The molecule has 2 atom stereocenters. The van der Waals surface area contributed by atoms with Crippen molar-refractivity contribution in [3.05, 3.63) is 24.2 Å². The van der Waals surface area contributed by atoms with E-state index in [0.29, 0.717) is 5.76 Å². The number of rotatable bonds is 5. The van der Waals surface area contributed by atoms with Gasteiger partial charge in [-0.2, -0.15) is 13.2 Å². The number of furan rings is 1. The highest BCUT2D eigenvalue weighted by Gasteiger charge is 2.43. The number of hydrogen-bond donors (Lipinski definition) is 1. The lowest BCUT2D eigenvalue weighted by molar-refractivity contribution is -0.157. The Hall–Kier alpha value is -2.17. The minimum Gasteiger partial charge on any atom is -0.466 e. The van der Waals surface area contributed by atoms with E-state index in [4.69, 9.17) is 9.15 Å². The lowest BCUT2D eigenvalue weighted by Gasteiger charge is -2.25. The summed E-state index contributed by atoms with van der Waals surface area (Å²) in [5.41, 5.74) is 0. The van der Waals surface area contributed by atoms with E-state index in [1.165, 1.54) is 29.8 Å². The minimum absolute atomic E-state index is 0.216. The number of carbonyl (C=O) groups is 3. The molecule has 1 saturated heterocycles. The molecule has 1 aromatic heterocycles. The molecule has 0 aromatic carbocycles. The van der Waals surface area contributed by atoms with Crippen LogP contribution in [0.25, 0.3) is 0 Å². The molecule has 2 rings (SSSR count). The molecule has 7 nitrogen and oxygen atoms in total. The maximum atomic E-state index is 12.1. The topological polar surface area (TPSA) is 88.8 Å². The molecule has 0 aliphatic carbocycles. The van der Waals surface area contributed by atoms with Crippen molar-refractivity contribution in [2.75, 3.05) is 18.9 Å². The molecular weight excluding hydrogens is 365 g/mol. The van der Waals surface area contributed by atoms with E-state index >= 15 is 0 Å². The van der Waals surface area contributed by atoms with E-state index < -0.39 is 48.5 Å². The lowest BCUT2D eigenvalue weighted by Crippen LogP contribution is -2.44. The first-order valence-electron chi connectivity index (χ1n) is 7.13. The van der Waals surface area contributed by atoms with Gasteiger partial charge in [-0.1, -0.05) is 0 Å². The van der Waals surface area contributed by atoms with Crippen molar-refractivity contribution in [3.8, 4) is 0 Å². The van der Waals surface area contributed by atoms with Gasteiger partial charge in [0.05, 0.1) is 6.26 Å². The van der Waals surface area contributed by atoms with Crippen LogP contribution in [-0.2, 0) is 19.1 Å². The van der Waals surface area contributed by atoms with Gasteiger partial charge in [-0.3, -0.25) is 9.59 Å². The molecule has 0 spiro atoms. The molecule has 2 heterocycles. The molecule has 0 bridgehead atoms. The molecule has 2 amide bonds. The Morgan fingerprint density at radius 2 is 2.16 bits per heavy atom. The Kier molecular flexibility index (Phi) is 5.98. The van der Waals surface area contributed by atoms with Crippen molar-refractivity contribution in [2.45, 2.75) is 24.5 Å². The van der Waals surface area contributed by atoms with Crippen molar-refractivity contribution < 1.29 is 36.7 Å². The zero-order chi connectivity index (χ0) is 18.6. The summed E-state index contributed by atoms with van der Waals surface area (Å²) in [6.07, 6.45) is -3.12. The predicted molar refractivity (Wildman–Crippen MR) is 80.2 cm³/mol. The number of thioether (sulfide) groups is 1. The van der Waals surface area contributed by atoms with Gasteiger partial charge in [0.25, 0.3) is 5.91 Å². The van der Waals surface area contributed by atoms with E-state index in [-0.39, 0.29) is 5.75 Å². The normalized spacial score (nSPS) is 20.4. The van der Waals surface area contributed by atoms with Crippen LogP contribution in [0.5, 0.6) is 0 Å². The highest BCUT2D eigenvalue weighted by Crippen LogP contribution is 2.41. The van der Waals surface area contributed by atoms with Crippen molar-refractivity contribution in [2.24, 2.45) is 0 Å². The third-order valence-electron chi connectivity index (χ3n) is 3.25. The second-order valence-corrected chi connectivity index (χ2v) is 6.26. The van der Waals surface area contributed by atoms with Crippen molar-refractivity contribution in [1.82, 2.24) is 10.2 Å². The lowest BCUT2D eigenvalue weighted by atomic mass is 10.2. The summed E-state index contributed by atoms with van der Waals surface area (Å²) in [5, 5.41) is 1.08. The van der Waals surface area contributed by atoms with Crippen LogP contribution in [0.1, 0.15) is 18.1 Å². The van der Waals surface area contributed by atoms with Crippen LogP contribution in [0, 0.1) is 0 Å². The number of carbonyl (C=O) groups excluding carboxylic acids is 3. The fraction of sp³-hybridized carbons (Fsp3) is 0.500. The quantitative estimate of drug-likeness (QED) is 0.778. The number of ether oxygens (including phenoxy) is 1. The number of halogens is 3. The fourth-order valence-corrected chi connectivity index (χ4v) is 3.62. The van der Waals surface area contributed by atoms with Crippen LogP contribution in [0.3, 0.4) is 0 Å². The molecule has 1 fully saturated rings. The molecule has 0 unspecified atom stereocenters. The van der Waals surface area contributed by atoms with Crippen molar-refractivity contribution in [3.63, 3.8) is 0 Å². The number of nitrogens with zero attached hydrogens (tertiary/aromatic N) is 1. The van der Waals surface area contributed by atoms with Gasteiger partial charge in [0, 0.05) is 12.7 Å². The van der Waals surface area contributed by atoms with Crippen LogP contribution in [0.15, 0.2) is 22.8 Å². The maximum Gasteiger partial charge on any atom is 0.405 e.